The summed E-state index contributed by atoms with van der Waals surface area (Å²) < 4.78 is 16.9. The second kappa shape index (κ2) is 10.1. The van der Waals surface area contributed by atoms with E-state index in [1.807, 2.05) is 60.7 Å². The molecule has 1 heterocycles. The van der Waals surface area contributed by atoms with Crippen molar-refractivity contribution in [2.75, 3.05) is 6.54 Å². The van der Waals surface area contributed by atoms with Gasteiger partial charge in [0.05, 0.1) is 0 Å². The van der Waals surface area contributed by atoms with Crippen molar-refractivity contribution in [1.29, 1.82) is 0 Å². The van der Waals surface area contributed by atoms with Gasteiger partial charge in [-0.1, -0.05) is 60.7 Å². The third-order valence-corrected chi connectivity index (χ3v) is 5.89. The summed E-state index contributed by atoms with van der Waals surface area (Å²) >= 11 is 0. The number of carbonyl (C=O) groups excluding carboxylic acids is 2. The summed E-state index contributed by atoms with van der Waals surface area (Å²) in [6, 6.07) is 17.7. The molecule has 1 saturated heterocycles. The number of benzene rings is 2. The van der Waals surface area contributed by atoms with Crippen LogP contribution < -0.4 is 5.32 Å². The van der Waals surface area contributed by atoms with Crippen LogP contribution in [0.5, 0.6) is 0 Å². The van der Waals surface area contributed by atoms with Gasteiger partial charge in [0.1, 0.15) is 12.6 Å². The van der Waals surface area contributed by atoms with Crippen molar-refractivity contribution in [3.63, 3.8) is 0 Å². The first-order chi connectivity index (χ1) is 14.0. The topological polar surface area (TPSA) is 95.9 Å². The first-order valence-corrected chi connectivity index (χ1v) is 10.8. The van der Waals surface area contributed by atoms with Gasteiger partial charge < -0.3 is 10.1 Å². The largest absolute Gasteiger partial charge is 0.530 e. The highest BCUT2D eigenvalue weighted by molar-refractivity contribution is 7.38. The summed E-state index contributed by atoms with van der Waals surface area (Å²) in [6.07, 6.45) is 0.709. The fraction of sp³-hybridized carbons (Fsp3) is 0.333. The van der Waals surface area contributed by atoms with Crippen molar-refractivity contribution in [2.45, 2.75) is 37.7 Å². The summed E-state index contributed by atoms with van der Waals surface area (Å²) in [5.74, 6) is -1.08. The lowest BCUT2D eigenvalue weighted by Crippen LogP contribution is -2.50. The normalized spacial score (nSPS) is 17.5. The number of hydrogen-bond acceptors (Lipinski definition) is 4. The number of ether oxygens (including phenoxy) is 1. The van der Waals surface area contributed by atoms with Crippen LogP contribution in [0.4, 0.5) is 4.79 Å². The molecule has 3 rings (SSSR count). The maximum Gasteiger partial charge on any atom is 0.530 e. The molecular weight excluding hydrogens is 391 g/mol. The SMILES string of the molecule is O=C(N[C@@H](Cc1ccccc1)C(=O)N1CCCC1[P+](=O)O)OCc1ccccc1. The zero-order valence-corrected chi connectivity index (χ0v) is 16.8. The Morgan fingerprint density at radius 2 is 1.72 bits per heavy atom. The van der Waals surface area contributed by atoms with Crippen molar-refractivity contribution in [2.24, 2.45) is 0 Å². The Balaban J connectivity index is 1.69. The van der Waals surface area contributed by atoms with E-state index in [2.05, 4.69) is 5.32 Å². The smallest absolute Gasteiger partial charge is 0.445 e. The lowest BCUT2D eigenvalue weighted by Gasteiger charge is -2.24. The molecule has 1 fully saturated rings. The predicted molar refractivity (Wildman–Crippen MR) is 108 cm³/mol. The second-order valence-corrected chi connectivity index (χ2v) is 8.11. The molecule has 2 amide bonds. The Hall–Kier alpha value is -2.76. The minimum absolute atomic E-state index is 0.0910. The van der Waals surface area contributed by atoms with Crippen LogP contribution in [0.2, 0.25) is 0 Å². The molecular formula is C21H24N2O5P+. The van der Waals surface area contributed by atoms with Crippen molar-refractivity contribution >= 4 is 20.0 Å². The minimum Gasteiger partial charge on any atom is -0.445 e. The van der Waals surface area contributed by atoms with Gasteiger partial charge in [0.2, 0.25) is 5.91 Å². The van der Waals surface area contributed by atoms with Crippen LogP contribution in [0.25, 0.3) is 0 Å². The average Bonchev–Trinajstić information content (AvgIpc) is 3.23. The van der Waals surface area contributed by atoms with Crippen molar-refractivity contribution < 1.29 is 23.8 Å². The Bertz CT molecular complexity index is 847. The molecule has 8 heteroatoms. The van der Waals surface area contributed by atoms with Gasteiger partial charge in [-0.15, -0.1) is 0 Å². The van der Waals surface area contributed by atoms with Gasteiger partial charge in [0.25, 0.3) is 5.78 Å². The zero-order chi connectivity index (χ0) is 20.6. The van der Waals surface area contributed by atoms with Gasteiger partial charge in [-0.3, -0.25) is 9.69 Å². The Kier molecular flexibility index (Phi) is 7.33. The number of nitrogens with one attached hydrogen (secondary N) is 1. The summed E-state index contributed by atoms with van der Waals surface area (Å²) in [6.45, 7) is 0.491. The second-order valence-electron chi connectivity index (χ2n) is 6.91. The van der Waals surface area contributed by atoms with Crippen molar-refractivity contribution in [1.82, 2.24) is 10.2 Å². The van der Waals surface area contributed by atoms with E-state index in [0.717, 1.165) is 11.1 Å². The molecule has 2 N–H and O–H groups in total. The number of amides is 2. The highest BCUT2D eigenvalue weighted by Crippen LogP contribution is 2.35. The number of alkyl carbamates (subject to hydrolysis) is 1. The lowest BCUT2D eigenvalue weighted by molar-refractivity contribution is -0.133. The van der Waals surface area contributed by atoms with Crippen molar-refractivity contribution in [3.8, 4) is 0 Å². The van der Waals surface area contributed by atoms with E-state index in [1.165, 1.54) is 4.90 Å². The molecule has 3 atom stereocenters. The monoisotopic (exact) mass is 415 g/mol. The molecule has 2 unspecified atom stereocenters. The Morgan fingerprint density at radius 1 is 1.10 bits per heavy atom. The molecule has 29 heavy (non-hydrogen) atoms. The van der Waals surface area contributed by atoms with Crippen LogP contribution in [0.3, 0.4) is 0 Å². The molecule has 2 aromatic rings. The number of carbonyl (C=O) groups is 2. The van der Waals surface area contributed by atoms with Gasteiger partial charge in [0, 0.05) is 19.4 Å². The molecule has 0 radical (unpaired) electrons. The maximum absolute atomic E-state index is 13.1. The summed E-state index contributed by atoms with van der Waals surface area (Å²) in [4.78, 5) is 36.4. The van der Waals surface area contributed by atoms with Crippen LogP contribution >= 0.6 is 8.03 Å². The summed E-state index contributed by atoms with van der Waals surface area (Å²) in [5, 5.41) is 2.64. The molecule has 1 aliphatic heterocycles. The van der Waals surface area contributed by atoms with E-state index in [1.54, 1.807) is 0 Å². The fourth-order valence-corrected chi connectivity index (χ4v) is 4.26. The highest BCUT2D eigenvalue weighted by Gasteiger charge is 2.44. The van der Waals surface area contributed by atoms with Gasteiger partial charge in [-0.25, -0.2) is 4.79 Å². The molecule has 0 saturated carbocycles. The van der Waals surface area contributed by atoms with E-state index >= 15 is 0 Å². The highest BCUT2D eigenvalue weighted by atomic mass is 31.1. The first kappa shape index (κ1) is 21.0. The van der Waals surface area contributed by atoms with Gasteiger partial charge >= 0.3 is 14.1 Å². The standard InChI is InChI=1S/C21H23N2O5P/c24-20(23-13-7-12-19(23)29(26)27)18(14-16-8-3-1-4-9-16)22-21(25)28-15-17-10-5-2-6-11-17/h1-6,8-11,18-19H,7,12-15H2,(H-,22,25,26,27)/p+1/t18-,19?/m0/s1. The summed E-state index contributed by atoms with van der Waals surface area (Å²) in [7, 11) is -2.50. The van der Waals surface area contributed by atoms with E-state index in [9.17, 15) is 19.0 Å². The van der Waals surface area contributed by atoms with Crippen LogP contribution in [-0.2, 0) is 27.1 Å². The van der Waals surface area contributed by atoms with Crippen LogP contribution in [-0.4, -0.2) is 40.2 Å². The molecule has 0 spiro atoms. The molecule has 0 bridgehead atoms. The Morgan fingerprint density at radius 3 is 2.34 bits per heavy atom. The summed E-state index contributed by atoms with van der Waals surface area (Å²) in [5.41, 5.74) is 1.71. The predicted octanol–water partition coefficient (Wildman–Crippen LogP) is 3.21. The molecule has 0 aliphatic carbocycles. The Labute approximate surface area is 170 Å². The minimum atomic E-state index is -2.50. The van der Waals surface area contributed by atoms with Crippen LogP contribution in [0.15, 0.2) is 60.7 Å². The average molecular weight is 415 g/mol. The van der Waals surface area contributed by atoms with E-state index < -0.39 is 25.9 Å². The van der Waals surface area contributed by atoms with Gasteiger partial charge in [0.15, 0.2) is 0 Å². The zero-order valence-electron chi connectivity index (χ0n) is 15.9. The fourth-order valence-electron chi connectivity index (χ4n) is 3.39. The molecule has 2 aromatic carbocycles. The third-order valence-electron chi connectivity index (χ3n) is 4.84. The van der Waals surface area contributed by atoms with E-state index in [-0.39, 0.29) is 18.9 Å². The van der Waals surface area contributed by atoms with Crippen LogP contribution in [0, 0.1) is 0 Å². The lowest BCUT2D eigenvalue weighted by atomic mass is 10.1. The van der Waals surface area contributed by atoms with Gasteiger partial charge in [-0.2, -0.15) is 4.89 Å². The third kappa shape index (κ3) is 5.86. The number of hydrogen-bond donors (Lipinski definition) is 2. The van der Waals surface area contributed by atoms with Gasteiger partial charge in [-0.05, 0) is 22.1 Å². The van der Waals surface area contributed by atoms with Crippen LogP contribution in [0.1, 0.15) is 24.0 Å². The number of nitrogens with zero attached hydrogens (tertiary/aromatic N) is 1. The molecule has 152 valence electrons. The molecule has 1 aliphatic rings. The quantitative estimate of drug-likeness (QED) is 0.677. The van der Waals surface area contributed by atoms with Crippen molar-refractivity contribution in [3.05, 3.63) is 71.8 Å². The van der Waals surface area contributed by atoms with E-state index in [4.69, 9.17) is 4.74 Å². The number of likely N-dealkylation sites (tertiary alicyclic amines) is 1. The van der Waals surface area contributed by atoms with E-state index in [0.29, 0.717) is 19.4 Å². The molecule has 7 nitrogen and oxygen atoms in total. The molecule has 0 aromatic heterocycles. The first-order valence-electron chi connectivity index (χ1n) is 9.51. The maximum atomic E-state index is 13.1. The number of rotatable bonds is 7.